The Labute approximate surface area is 158 Å². The third-order valence-corrected chi connectivity index (χ3v) is 5.60. The molecule has 0 bridgehead atoms. The lowest BCUT2D eigenvalue weighted by Gasteiger charge is -2.11. The number of aromatic nitrogens is 2. The number of aryl methyl sites for hydroxylation is 1. The van der Waals surface area contributed by atoms with Crippen LogP contribution in [0.5, 0.6) is 0 Å². The molecule has 0 aliphatic rings. The van der Waals surface area contributed by atoms with Crippen LogP contribution in [0.2, 0.25) is 5.02 Å². The Bertz CT molecular complexity index is 1100. The van der Waals surface area contributed by atoms with Crippen molar-refractivity contribution in [3.8, 4) is 22.4 Å². The first-order chi connectivity index (χ1) is 12.5. The van der Waals surface area contributed by atoms with E-state index >= 15 is 0 Å². The monoisotopic (exact) mass is 414 g/mol. The summed E-state index contributed by atoms with van der Waals surface area (Å²) in [6.07, 6.45) is -3.58. The van der Waals surface area contributed by atoms with Crippen LogP contribution in [0.4, 0.5) is 13.2 Å². The fourth-order valence-electron chi connectivity index (χ4n) is 2.70. The van der Waals surface area contributed by atoms with Crippen LogP contribution >= 0.6 is 11.6 Å². The van der Waals surface area contributed by atoms with Gasteiger partial charge in [-0.05, 0) is 42.3 Å². The Balaban J connectivity index is 2.22. The zero-order valence-electron chi connectivity index (χ0n) is 14.2. The van der Waals surface area contributed by atoms with E-state index < -0.39 is 21.7 Å². The second-order valence-corrected chi connectivity index (χ2v) is 8.50. The molecule has 0 saturated carbocycles. The fourth-order valence-corrected chi connectivity index (χ4v) is 3.45. The minimum atomic E-state index is -4.64. The number of benzene rings is 2. The van der Waals surface area contributed by atoms with Gasteiger partial charge in [-0.15, -0.1) is 0 Å². The number of sulfone groups is 1. The van der Waals surface area contributed by atoms with E-state index in [1.807, 2.05) is 0 Å². The van der Waals surface area contributed by atoms with Gasteiger partial charge in [-0.25, -0.2) is 8.42 Å². The van der Waals surface area contributed by atoms with Gasteiger partial charge < -0.3 is 0 Å². The Kier molecular flexibility index (Phi) is 4.81. The van der Waals surface area contributed by atoms with Gasteiger partial charge in [0.15, 0.2) is 9.84 Å². The van der Waals surface area contributed by atoms with Crippen molar-refractivity contribution in [3.63, 3.8) is 0 Å². The first-order valence-electron chi connectivity index (χ1n) is 7.71. The highest BCUT2D eigenvalue weighted by Crippen LogP contribution is 2.41. The fraction of sp³-hybridized carbons (Fsp3) is 0.167. The van der Waals surface area contributed by atoms with Crippen LogP contribution in [0.1, 0.15) is 11.3 Å². The van der Waals surface area contributed by atoms with Crippen molar-refractivity contribution >= 4 is 21.4 Å². The van der Waals surface area contributed by atoms with Gasteiger partial charge in [0.1, 0.15) is 11.4 Å². The molecule has 3 rings (SSSR count). The second-order valence-electron chi connectivity index (χ2n) is 6.08. The molecule has 9 heteroatoms. The number of aromatic amines is 1. The quantitative estimate of drug-likeness (QED) is 0.646. The molecule has 4 nitrogen and oxygen atoms in total. The Morgan fingerprint density at radius 3 is 2.15 bits per heavy atom. The summed E-state index contributed by atoms with van der Waals surface area (Å²) in [7, 11) is -3.42. The van der Waals surface area contributed by atoms with Crippen molar-refractivity contribution in [2.75, 3.05) is 6.26 Å². The standard InChI is InChI=1S/C18H14ClF3N2O2S/c1-10-9-12(5-8-14(10)19)15-16(23-24-17(15)18(20,21)22)11-3-6-13(7-4-11)27(2,25)26/h3-9H,1-2H3,(H,23,24). The molecule has 0 fully saturated rings. The van der Waals surface area contributed by atoms with Crippen molar-refractivity contribution in [1.29, 1.82) is 0 Å². The summed E-state index contributed by atoms with van der Waals surface area (Å²) in [5.41, 5.74) is 0.267. The molecule has 0 amide bonds. The molecule has 0 radical (unpaired) electrons. The molecular weight excluding hydrogens is 401 g/mol. The minimum Gasteiger partial charge on any atom is -0.272 e. The molecular formula is C18H14ClF3N2O2S. The molecule has 3 aromatic rings. The van der Waals surface area contributed by atoms with Gasteiger partial charge in [0.05, 0.1) is 4.90 Å². The van der Waals surface area contributed by atoms with Gasteiger partial charge in [0.25, 0.3) is 0 Å². The number of nitrogens with zero attached hydrogens (tertiary/aromatic N) is 1. The maximum atomic E-state index is 13.5. The van der Waals surface area contributed by atoms with Gasteiger partial charge in [-0.3, -0.25) is 5.10 Å². The number of alkyl halides is 3. The molecule has 27 heavy (non-hydrogen) atoms. The molecule has 0 aliphatic heterocycles. The Morgan fingerprint density at radius 2 is 1.63 bits per heavy atom. The number of nitrogens with one attached hydrogen (secondary N) is 1. The van der Waals surface area contributed by atoms with Crippen LogP contribution in [0, 0.1) is 6.92 Å². The average Bonchev–Trinajstić information content (AvgIpc) is 3.02. The molecule has 1 N–H and O–H groups in total. The van der Waals surface area contributed by atoms with Crippen LogP contribution in [-0.2, 0) is 16.0 Å². The summed E-state index contributed by atoms with van der Waals surface area (Å²) in [4.78, 5) is 0.0710. The largest absolute Gasteiger partial charge is 0.433 e. The van der Waals surface area contributed by atoms with Crippen LogP contribution in [0.15, 0.2) is 47.4 Å². The highest BCUT2D eigenvalue weighted by molar-refractivity contribution is 7.90. The lowest BCUT2D eigenvalue weighted by Crippen LogP contribution is -2.07. The number of rotatable bonds is 3. The number of halogens is 4. The smallest absolute Gasteiger partial charge is 0.272 e. The number of hydrogen-bond acceptors (Lipinski definition) is 3. The first kappa shape index (κ1) is 19.4. The highest BCUT2D eigenvalue weighted by atomic mass is 35.5. The van der Waals surface area contributed by atoms with Gasteiger partial charge in [0.2, 0.25) is 0 Å². The Morgan fingerprint density at radius 1 is 1.04 bits per heavy atom. The lowest BCUT2D eigenvalue weighted by molar-refractivity contribution is -0.140. The first-order valence-corrected chi connectivity index (χ1v) is 9.98. The molecule has 0 unspecified atom stereocenters. The predicted molar refractivity (Wildman–Crippen MR) is 97.3 cm³/mol. The van der Waals surface area contributed by atoms with E-state index in [4.69, 9.17) is 11.6 Å². The molecule has 142 valence electrons. The highest BCUT2D eigenvalue weighted by Gasteiger charge is 2.38. The van der Waals surface area contributed by atoms with Gasteiger partial charge in [0, 0.05) is 22.4 Å². The molecule has 2 aromatic carbocycles. The predicted octanol–water partition coefficient (Wildman–Crippen LogP) is 5.13. The van der Waals surface area contributed by atoms with E-state index in [-0.39, 0.29) is 16.2 Å². The molecule has 0 aliphatic carbocycles. The summed E-state index contributed by atoms with van der Waals surface area (Å²) in [6, 6.07) is 10.1. The summed E-state index contributed by atoms with van der Waals surface area (Å²) < 4.78 is 63.6. The summed E-state index contributed by atoms with van der Waals surface area (Å²) in [6.45, 7) is 1.69. The third kappa shape index (κ3) is 3.86. The molecule has 1 aromatic heterocycles. The maximum absolute atomic E-state index is 13.5. The van der Waals surface area contributed by atoms with Crippen molar-refractivity contribution in [2.24, 2.45) is 0 Å². The van der Waals surface area contributed by atoms with E-state index in [9.17, 15) is 21.6 Å². The zero-order chi connectivity index (χ0) is 20.0. The maximum Gasteiger partial charge on any atom is 0.433 e. The minimum absolute atomic E-state index is 0.0710. The summed E-state index contributed by atoms with van der Waals surface area (Å²) in [5.74, 6) is 0. The van der Waals surface area contributed by atoms with Gasteiger partial charge >= 0.3 is 6.18 Å². The van der Waals surface area contributed by atoms with E-state index in [2.05, 4.69) is 10.2 Å². The van der Waals surface area contributed by atoms with Crippen LogP contribution < -0.4 is 0 Å². The summed E-state index contributed by atoms with van der Waals surface area (Å²) in [5, 5.41) is 6.35. The SMILES string of the molecule is Cc1cc(-c2c(-c3ccc(S(C)(=O)=O)cc3)n[nH]c2C(F)(F)F)ccc1Cl. The van der Waals surface area contributed by atoms with Crippen LogP contribution in [0.25, 0.3) is 22.4 Å². The van der Waals surface area contributed by atoms with Crippen LogP contribution in [0.3, 0.4) is 0 Å². The van der Waals surface area contributed by atoms with E-state index in [1.54, 1.807) is 13.0 Å². The molecule has 0 spiro atoms. The summed E-state index contributed by atoms with van der Waals surface area (Å²) >= 11 is 5.99. The number of H-pyrrole nitrogens is 1. The van der Waals surface area contributed by atoms with E-state index in [1.165, 1.54) is 36.4 Å². The third-order valence-electron chi connectivity index (χ3n) is 4.05. The van der Waals surface area contributed by atoms with Crippen molar-refractivity contribution < 1.29 is 21.6 Å². The van der Waals surface area contributed by atoms with E-state index in [0.29, 0.717) is 21.7 Å². The second kappa shape index (κ2) is 6.69. The molecule has 0 saturated heterocycles. The van der Waals surface area contributed by atoms with E-state index in [0.717, 1.165) is 6.26 Å². The zero-order valence-corrected chi connectivity index (χ0v) is 15.8. The van der Waals surface area contributed by atoms with Crippen molar-refractivity contribution in [1.82, 2.24) is 10.2 Å². The topological polar surface area (TPSA) is 62.8 Å². The molecule has 1 heterocycles. The van der Waals surface area contributed by atoms with Crippen molar-refractivity contribution in [3.05, 3.63) is 58.7 Å². The number of hydrogen-bond donors (Lipinski definition) is 1. The van der Waals surface area contributed by atoms with Gasteiger partial charge in [-0.1, -0.05) is 29.8 Å². The normalized spacial score (nSPS) is 12.4. The van der Waals surface area contributed by atoms with Gasteiger partial charge in [-0.2, -0.15) is 18.3 Å². The lowest BCUT2D eigenvalue weighted by atomic mass is 9.97. The van der Waals surface area contributed by atoms with Crippen LogP contribution in [-0.4, -0.2) is 24.9 Å². The average molecular weight is 415 g/mol. The molecule has 0 atom stereocenters. The Hall–Kier alpha value is -2.32. The van der Waals surface area contributed by atoms with Crippen molar-refractivity contribution in [2.45, 2.75) is 18.0 Å².